The first-order valence-corrected chi connectivity index (χ1v) is 10.7. The Kier molecular flexibility index (Phi) is 6.17. The molecule has 1 saturated heterocycles. The van der Waals surface area contributed by atoms with E-state index in [0.717, 1.165) is 30.0 Å². The summed E-state index contributed by atoms with van der Waals surface area (Å²) >= 11 is 0. The van der Waals surface area contributed by atoms with Crippen LogP contribution >= 0.6 is 12.4 Å². The van der Waals surface area contributed by atoms with Gasteiger partial charge in [-0.3, -0.25) is 4.79 Å². The van der Waals surface area contributed by atoms with Gasteiger partial charge in [0.2, 0.25) is 0 Å². The Labute approximate surface area is 199 Å². The van der Waals surface area contributed by atoms with Crippen LogP contribution in [-0.4, -0.2) is 49.8 Å². The minimum absolute atomic E-state index is 0. The SMILES string of the molecule is COc1cc(OC)cc(C(=O)N2CCC3(CC2)Nc2cc(OC)ccc2-n2cccc23)c1.Cl. The first-order valence-electron chi connectivity index (χ1n) is 10.7. The van der Waals surface area contributed by atoms with E-state index in [2.05, 4.69) is 34.3 Å². The Balaban J connectivity index is 0.00000259. The fraction of sp³-hybridized carbons (Fsp3) is 0.320. The molecule has 8 heteroatoms. The van der Waals surface area contributed by atoms with Gasteiger partial charge in [0.1, 0.15) is 17.2 Å². The van der Waals surface area contributed by atoms with E-state index in [1.54, 1.807) is 39.5 Å². The second kappa shape index (κ2) is 8.90. The summed E-state index contributed by atoms with van der Waals surface area (Å²) in [5.41, 5.74) is 3.73. The maximum Gasteiger partial charge on any atom is 0.254 e. The van der Waals surface area contributed by atoms with Crippen molar-refractivity contribution in [2.45, 2.75) is 18.4 Å². The molecule has 0 aliphatic carbocycles. The number of nitrogens with zero attached hydrogens (tertiary/aromatic N) is 2. The molecule has 2 aromatic carbocycles. The first-order chi connectivity index (χ1) is 15.6. The topological polar surface area (TPSA) is 65.0 Å². The van der Waals surface area contributed by atoms with Crippen molar-refractivity contribution in [3.8, 4) is 22.9 Å². The van der Waals surface area contributed by atoms with Crippen LogP contribution in [0.4, 0.5) is 5.69 Å². The number of piperidine rings is 1. The monoisotopic (exact) mass is 469 g/mol. The summed E-state index contributed by atoms with van der Waals surface area (Å²) in [5, 5.41) is 3.79. The summed E-state index contributed by atoms with van der Waals surface area (Å²) in [4.78, 5) is 15.2. The molecular formula is C25H28ClN3O4. The van der Waals surface area contributed by atoms with Gasteiger partial charge in [-0.25, -0.2) is 0 Å². The number of hydrogen-bond acceptors (Lipinski definition) is 5. The molecule has 1 N–H and O–H groups in total. The predicted octanol–water partition coefficient (Wildman–Crippen LogP) is 4.48. The number of carbonyl (C=O) groups is 1. The van der Waals surface area contributed by atoms with Crippen molar-refractivity contribution in [2.24, 2.45) is 0 Å². The van der Waals surface area contributed by atoms with E-state index < -0.39 is 0 Å². The average molecular weight is 470 g/mol. The van der Waals surface area contributed by atoms with Crippen LogP contribution in [-0.2, 0) is 5.54 Å². The van der Waals surface area contributed by atoms with E-state index in [1.807, 2.05) is 17.0 Å². The molecule has 3 aromatic rings. The number of ether oxygens (including phenoxy) is 3. The highest BCUT2D eigenvalue weighted by Gasteiger charge is 2.42. The largest absolute Gasteiger partial charge is 0.497 e. The van der Waals surface area contributed by atoms with Gasteiger partial charge in [0.05, 0.1) is 38.2 Å². The molecule has 1 amide bonds. The lowest BCUT2D eigenvalue weighted by Crippen LogP contribution is -2.51. The van der Waals surface area contributed by atoms with Crippen LogP contribution in [0.3, 0.4) is 0 Å². The zero-order valence-electron chi connectivity index (χ0n) is 19.0. The number of fused-ring (bicyclic) bond motifs is 4. The Morgan fingerprint density at radius 3 is 2.21 bits per heavy atom. The fourth-order valence-electron chi connectivity index (χ4n) is 4.84. The Morgan fingerprint density at radius 2 is 1.58 bits per heavy atom. The van der Waals surface area contributed by atoms with Gasteiger partial charge in [0.25, 0.3) is 5.91 Å². The Morgan fingerprint density at radius 1 is 0.909 bits per heavy atom. The molecule has 1 fully saturated rings. The third-order valence-electron chi connectivity index (χ3n) is 6.58. The van der Waals surface area contributed by atoms with Gasteiger partial charge >= 0.3 is 0 Å². The molecule has 2 aliphatic rings. The zero-order chi connectivity index (χ0) is 22.3. The number of likely N-dealkylation sites (tertiary alicyclic amines) is 1. The highest BCUT2D eigenvalue weighted by molar-refractivity contribution is 5.95. The first kappa shape index (κ1) is 22.9. The maximum absolute atomic E-state index is 13.3. The molecule has 0 atom stereocenters. The molecule has 2 aliphatic heterocycles. The van der Waals surface area contributed by atoms with E-state index in [0.29, 0.717) is 30.2 Å². The molecule has 1 aromatic heterocycles. The summed E-state index contributed by atoms with van der Waals surface area (Å²) in [5.74, 6) is 2.03. The molecule has 3 heterocycles. The van der Waals surface area contributed by atoms with Crippen molar-refractivity contribution in [1.29, 1.82) is 0 Å². The number of aromatic nitrogens is 1. The number of amides is 1. The molecule has 0 unspecified atom stereocenters. The second-order valence-corrected chi connectivity index (χ2v) is 8.25. The predicted molar refractivity (Wildman–Crippen MR) is 130 cm³/mol. The lowest BCUT2D eigenvalue weighted by molar-refractivity contribution is 0.0675. The number of anilines is 1. The average Bonchev–Trinajstić information content (AvgIpc) is 3.35. The fourth-order valence-corrected chi connectivity index (χ4v) is 4.84. The van der Waals surface area contributed by atoms with Crippen LogP contribution in [0.15, 0.2) is 54.7 Å². The van der Waals surface area contributed by atoms with Gasteiger partial charge < -0.3 is 29.0 Å². The minimum Gasteiger partial charge on any atom is -0.497 e. The Hall–Kier alpha value is -3.32. The van der Waals surface area contributed by atoms with Crippen molar-refractivity contribution >= 4 is 24.0 Å². The molecule has 0 radical (unpaired) electrons. The van der Waals surface area contributed by atoms with E-state index in [-0.39, 0.29) is 23.9 Å². The maximum atomic E-state index is 13.3. The van der Waals surface area contributed by atoms with Crippen LogP contribution in [0.25, 0.3) is 5.69 Å². The number of methoxy groups -OCH3 is 3. The second-order valence-electron chi connectivity index (χ2n) is 8.25. The molecule has 0 saturated carbocycles. The Bertz CT molecular complexity index is 1150. The highest BCUT2D eigenvalue weighted by atomic mass is 35.5. The standard InChI is InChI=1S/C25H27N3O4.ClH/c1-30-18-6-7-22-21(16-18)26-25(23-5-4-10-28(22)23)8-11-27(12-9-25)24(29)17-13-19(31-2)15-20(14-17)32-3;/h4-7,10,13-16,26H,8-9,11-12H2,1-3H3;1H. The third-order valence-corrected chi connectivity index (χ3v) is 6.58. The lowest BCUT2D eigenvalue weighted by atomic mass is 9.82. The van der Waals surface area contributed by atoms with Crippen LogP contribution in [0.1, 0.15) is 28.9 Å². The molecule has 0 bridgehead atoms. The number of benzene rings is 2. The van der Waals surface area contributed by atoms with Crippen LogP contribution in [0.2, 0.25) is 0 Å². The van der Waals surface area contributed by atoms with Crippen molar-refractivity contribution in [3.63, 3.8) is 0 Å². The van der Waals surface area contributed by atoms with Crippen LogP contribution in [0.5, 0.6) is 17.2 Å². The number of rotatable bonds is 4. The van der Waals surface area contributed by atoms with Gasteiger partial charge in [0, 0.05) is 42.7 Å². The van der Waals surface area contributed by atoms with E-state index in [4.69, 9.17) is 14.2 Å². The number of carbonyl (C=O) groups excluding carboxylic acids is 1. The smallest absolute Gasteiger partial charge is 0.254 e. The zero-order valence-corrected chi connectivity index (χ0v) is 19.8. The molecule has 1 spiro atoms. The van der Waals surface area contributed by atoms with Crippen LogP contribution < -0.4 is 19.5 Å². The third kappa shape index (κ3) is 3.86. The van der Waals surface area contributed by atoms with E-state index in [1.165, 1.54) is 5.69 Å². The van der Waals surface area contributed by atoms with Crippen LogP contribution in [0, 0.1) is 0 Å². The summed E-state index contributed by atoms with van der Waals surface area (Å²) < 4.78 is 18.4. The normalized spacial score (nSPS) is 15.5. The molecule has 7 nitrogen and oxygen atoms in total. The van der Waals surface area contributed by atoms with E-state index >= 15 is 0 Å². The number of nitrogens with one attached hydrogen (secondary N) is 1. The summed E-state index contributed by atoms with van der Waals surface area (Å²) in [6.07, 6.45) is 3.71. The minimum atomic E-state index is -0.230. The summed E-state index contributed by atoms with van der Waals surface area (Å²) in [7, 11) is 4.85. The molecular weight excluding hydrogens is 442 g/mol. The summed E-state index contributed by atoms with van der Waals surface area (Å²) in [6.45, 7) is 1.30. The highest BCUT2D eigenvalue weighted by Crippen LogP contribution is 2.44. The molecule has 5 rings (SSSR count). The quantitative estimate of drug-likeness (QED) is 0.610. The van der Waals surface area contributed by atoms with Gasteiger partial charge in [-0.15, -0.1) is 12.4 Å². The van der Waals surface area contributed by atoms with Crippen molar-refractivity contribution in [1.82, 2.24) is 9.47 Å². The van der Waals surface area contributed by atoms with Gasteiger partial charge in [0.15, 0.2) is 0 Å². The van der Waals surface area contributed by atoms with Crippen molar-refractivity contribution in [2.75, 3.05) is 39.7 Å². The van der Waals surface area contributed by atoms with Crippen molar-refractivity contribution < 1.29 is 19.0 Å². The van der Waals surface area contributed by atoms with Crippen molar-refractivity contribution in [3.05, 3.63) is 66.0 Å². The van der Waals surface area contributed by atoms with Gasteiger partial charge in [-0.1, -0.05) is 0 Å². The van der Waals surface area contributed by atoms with Gasteiger partial charge in [-0.2, -0.15) is 0 Å². The summed E-state index contributed by atoms with van der Waals surface area (Å²) in [6, 6.07) is 15.7. The van der Waals surface area contributed by atoms with E-state index in [9.17, 15) is 4.79 Å². The lowest BCUT2D eigenvalue weighted by Gasteiger charge is -2.46. The number of hydrogen-bond donors (Lipinski definition) is 1. The molecule has 174 valence electrons. The number of halogens is 1. The van der Waals surface area contributed by atoms with Gasteiger partial charge in [-0.05, 0) is 49.2 Å². The molecule has 33 heavy (non-hydrogen) atoms.